The van der Waals surface area contributed by atoms with Gasteiger partial charge in [-0.15, -0.1) is 0 Å². The van der Waals surface area contributed by atoms with Crippen molar-refractivity contribution >= 4 is 5.91 Å². The fourth-order valence-corrected chi connectivity index (χ4v) is 5.37. The van der Waals surface area contributed by atoms with Gasteiger partial charge in [0.2, 0.25) is 5.91 Å². The summed E-state index contributed by atoms with van der Waals surface area (Å²) < 4.78 is 5.62. The van der Waals surface area contributed by atoms with Gasteiger partial charge in [0.1, 0.15) is 11.2 Å². The number of ether oxygens (including phenoxy) is 1. The van der Waals surface area contributed by atoms with Crippen molar-refractivity contribution < 1.29 is 9.53 Å². The summed E-state index contributed by atoms with van der Waals surface area (Å²) in [5, 5.41) is 6.80. The van der Waals surface area contributed by atoms with E-state index in [0.717, 1.165) is 55.8 Å². The Kier molecular flexibility index (Phi) is 5.95. The molecule has 0 aliphatic carbocycles. The van der Waals surface area contributed by atoms with Gasteiger partial charge < -0.3 is 15.4 Å². The number of rotatable bonds is 7. The zero-order chi connectivity index (χ0) is 21.8. The van der Waals surface area contributed by atoms with Crippen LogP contribution in [0.5, 0.6) is 5.75 Å². The molecule has 1 saturated heterocycles. The van der Waals surface area contributed by atoms with Crippen LogP contribution in [0.15, 0.2) is 78.9 Å². The SMILES string of the molecule is O=C(NCCc1ccc2c(c1)CCO2)C(c1ccccc1)(c1ccccc1)[C@H]1CCNC1. The maximum absolute atomic E-state index is 14.1. The minimum Gasteiger partial charge on any atom is -0.493 e. The van der Waals surface area contributed by atoms with Crippen molar-refractivity contribution in [2.24, 2.45) is 5.92 Å². The van der Waals surface area contributed by atoms with Crippen LogP contribution in [0.1, 0.15) is 28.7 Å². The van der Waals surface area contributed by atoms with Gasteiger partial charge >= 0.3 is 0 Å². The monoisotopic (exact) mass is 426 g/mol. The maximum Gasteiger partial charge on any atom is 0.235 e. The van der Waals surface area contributed by atoms with Crippen molar-refractivity contribution in [1.29, 1.82) is 0 Å². The average molecular weight is 427 g/mol. The van der Waals surface area contributed by atoms with Crippen LogP contribution >= 0.6 is 0 Å². The van der Waals surface area contributed by atoms with Crippen molar-refractivity contribution in [3.63, 3.8) is 0 Å². The molecule has 0 aromatic heterocycles. The minimum absolute atomic E-state index is 0.0908. The molecule has 0 bridgehead atoms. The van der Waals surface area contributed by atoms with E-state index < -0.39 is 5.41 Å². The minimum atomic E-state index is -0.711. The highest BCUT2D eigenvalue weighted by atomic mass is 16.5. The third kappa shape index (κ3) is 3.80. The number of hydrogen-bond acceptors (Lipinski definition) is 3. The van der Waals surface area contributed by atoms with Gasteiger partial charge in [-0.1, -0.05) is 72.8 Å². The van der Waals surface area contributed by atoms with Gasteiger partial charge in [0.15, 0.2) is 0 Å². The lowest BCUT2D eigenvalue weighted by molar-refractivity contribution is -0.127. The van der Waals surface area contributed by atoms with Crippen LogP contribution in [0.4, 0.5) is 0 Å². The van der Waals surface area contributed by atoms with Crippen molar-refractivity contribution in [3.8, 4) is 5.75 Å². The first-order valence-electron chi connectivity index (χ1n) is 11.6. The molecule has 164 valence electrons. The van der Waals surface area contributed by atoms with Gasteiger partial charge in [0, 0.05) is 13.0 Å². The lowest BCUT2D eigenvalue weighted by Gasteiger charge is -2.38. The van der Waals surface area contributed by atoms with Crippen LogP contribution in [0.2, 0.25) is 0 Å². The fourth-order valence-electron chi connectivity index (χ4n) is 5.37. The van der Waals surface area contributed by atoms with Gasteiger partial charge in [0.05, 0.1) is 6.61 Å². The molecule has 5 rings (SSSR count). The van der Waals surface area contributed by atoms with Crippen LogP contribution in [-0.2, 0) is 23.1 Å². The molecule has 0 saturated carbocycles. The largest absolute Gasteiger partial charge is 0.493 e. The van der Waals surface area contributed by atoms with Crippen LogP contribution < -0.4 is 15.4 Å². The highest BCUT2D eigenvalue weighted by molar-refractivity contribution is 5.92. The second kappa shape index (κ2) is 9.17. The van der Waals surface area contributed by atoms with Crippen molar-refractivity contribution in [2.75, 3.05) is 26.2 Å². The summed E-state index contributed by atoms with van der Waals surface area (Å²) in [5.41, 5.74) is 3.92. The Morgan fingerprint density at radius 1 is 1.00 bits per heavy atom. The molecule has 1 atom stereocenters. The Balaban J connectivity index is 1.44. The molecule has 0 unspecified atom stereocenters. The third-order valence-electron chi connectivity index (χ3n) is 6.94. The summed E-state index contributed by atoms with van der Waals surface area (Å²) in [6.07, 6.45) is 2.75. The molecule has 2 aliphatic heterocycles. The van der Waals surface area contributed by atoms with Gasteiger partial charge in [0.25, 0.3) is 0 Å². The van der Waals surface area contributed by atoms with E-state index in [2.05, 4.69) is 53.1 Å². The molecular formula is C28H30N2O2. The van der Waals surface area contributed by atoms with E-state index in [4.69, 9.17) is 4.74 Å². The quantitative estimate of drug-likeness (QED) is 0.603. The molecule has 1 fully saturated rings. The standard InChI is InChI=1S/C28H30N2O2/c31-27(30-17-13-21-11-12-26-22(19-21)15-18-32-26)28(25-14-16-29-20-25,23-7-3-1-4-8-23)24-9-5-2-6-10-24/h1-12,19,25,29H,13-18,20H2,(H,30,31)/t25-/m0/s1. The summed E-state index contributed by atoms with van der Waals surface area (Å²) in [7, 11) is 0. The topological polar surface area (TPSA) is 50.4 Å². The molecule has 2 N–H and O–H groups in total. The first-order chi connectivity index (χ1) is 15.8. The van der Waals surface area contributed by atoms with Crippen LogP contribution in [0.25, 0.3) is 0 Å². The predicted molar refractivity (Wildman–Crippen MR) is 127 cm³/mol. The van der Waals surface area contributed by atoms with Gasteiger partial charge in [-0.2, -0.15) is 0 Å². The van der Waals surface area contributed by atoms with Crippen molar-refractivity contribution in [1.82, 2.24) is 10.6 Å². The maximum atomic E-state index is 14.1. The number of carbonyl (C=O) groups is 1. The number of amides is 1. The predicted octanol–water partition coefficient (Wildman–Crippen LogP) is 3.88. The van der Waals surface area contributed by atoms with E-state index in [1.54, 1.807) is 0 Å². The molecule has 0 radical (unpaired) electrons. The summed E-state index contributed by atoms with van der Waals surface area (Å²) in [5.74, 6) is 1.29. The normalized spacial score (nSPS) is 17.6. The van der Waals surface area contributed by atoms with Crippen molar-refractivity contribution in [2.45, 2.75) is 24.7 Å². The number of carbonyl (C=O) groups excluding carboxylic acids is 1. The second-order valence-corrected chi connectivity index (χ2v) is 8.78. The van der Waals surface area contributed by atoms with Gasteiger partial charge in [-0.3, -0.25) is 4.79 Å². The Morgan fingerprint density at radius 2 is 1.72 bits per heavy atom. The highest BCUT2D eigenvalue weighted by Gasteiger charge is 2.49. The van der Waals surface area contributed by atoms with E-state index in [-0.39, 0.29) is 11.8 Å². The molecule has 3 aromatic rings. The zero-order valence-corrected chi connectivity index (χ0v) is 18.3. The molecule has 1 amide bonds. The number of fused-ring (bicyclic) bond motifs is 1. The molecule has 2 aliphatic rings. The number of nitrogens with one attached hydrogen (secondary N) is 2. The first kappa shape index (κ1) is 20.8. The summed E-state index contributed by atoms with van der Waals surface area (Å²) in [6, 6.07) is 27.0. The van der Waals surface area contributed by atoms with Crippen molar-refractivity contribution in [3.05, 3.63) is 101 Å². The zero-order valence-electron chi connectivity index (χ0n) is 18.3. The molecule has 4 heteroatoms. The lowest BCUT2D eigenvalue weighted by Crippen LogP contribution is -2.51. The van der Waals surface area contributed by atoms with E-state index in [9.17, 15) is 4.79 Å². The van der Waals surface area contributed by atoms with Gasteiger partial charge in [-0.25, -0.2) is 0 Å². The first-order valence-corrected chi connectivity index (χ1v) is 11.6. The van der Waals surface area contributed by atoms with Crippen LogP contribution in [-0.4, -0.2) is 32.1 Å². The second-order valence-electron chi connectivity index (χ2n) is 8.78. The van der Waals surface area contributed by atoms with Gasteiger partial charge in [-0.05, 0) is 60.2 Å². The molecule has 0 spiro atoms. The van der Waals surface area contributed by atoms with E-state index in [1.165, 1.54) is 11.1 Å². The summed E-state index contributed by atoms with van der Waals surface area (Å²) in [6.45, 7) is 3.15. The highest BCUT2D eigenvalue weighted by Crippen LogP contribution is 2.42. The van der Waals surface area contributed by atoms with E-state index >= 15 is 0 Å². The Hall–Kier alpha value is -3.11. The molecule has 4 nitrogen and oxygen atoms in total. The molecule has 32 heavy (non-hydrogen) atoms. The van der Waals surface area contributed by atoms with Crippen LogP contribution in [0.3, 0.4) is 0 Å². The average Bonchev–Trinajstić information content (AvgIpc) is 3.53. The van der Waals surface area contributed by atoms with E-state index in [1.807, 2.05) is 36.4 Å². The Bertz CT molecular complexity index is 1020. The molecular weight excluding hydrogens is 396 g/mol. The number of hydrogen-bond donors (Lipinski definition) is 2. The van der Waals surface area contributed by atoms with Crippen LogP contribution in [0, 0.1) is 5.92 Å². The Morgan fingerprint density at radius 3 is 2.38 bits per heavy atom. The summed E-state index contributed by atoms with van der Waals surface area (Å²) >= 11 is 0. The Labute approximate surface area is 190 Å². The third-order valence-corrected chi connectivity index (χ3v) is 6.94. The fraction of sp³-hybridized carbons (Fsp3) is 0.321. The molecule has 3 aromatic carbocycles. The number of benzene rings is 3. The summed E-state index contributed by atoms with van der Waals surface area (Å²) in [4.78, 5) is 14.1. The lowest BCUT2D eigenvalue weighted by atomic mass is 9.64. The van der Waals surface area contributed by atoms with E-state index in [0.29, 0.717) is 6.54 Å². The molecule has 2 heterocycles. The smallest absolute Gasteiger partial charge is 0.235 e.